The van der Waals surface area contributed by atoms with E-state index >= 15 is 0 Å². The molecular weight excluding hydrogens is 434 g/mol. The first kappa shape index (κ1) is 24.2. The summed E-state index contributed by atoms with van der Waals surface area (Å²) in [7, 11) is 5.96. The lowest BCUT2D eigenvalue weighted by Gasteiger charge is -2.39. The van der Waals surface area contributed by atoms with Gasteiger partial charge in [0.2, 0.25) is 6.79 Å². The van der Waals surface area contributed by atoms with E-state index in [1.54, 1.807) is 4.90 Å². The Kier molecular flexibility index (Phi) is 7.19. The van der Waals surface area contributed by atoms with Gasteiger partial charge in [-0.25, -0.2) is 0 Å². The molecule has 184 valence electrons. The van der Waals surface area contributed by atoms with Crippen LogP contribution in [0.15, 0.2) is 36.4 Å². The molecule has 2 aliphatic heterocycles. The molecule has 0 saturated carbocycles. The number of fused-ring (bicyclic) bond motifs is 2. The molecule has 2 aromatic carbocycles. The van der Waals surface area contributed by atoms with Gasteiger partial charge in [0.15, 0.2) is 17.2 Å². The number of para-hydroxylation sites is 1. The van der Waals surface area contributed by atoms with Gasteiger partial charge in [-0.05, 0) is 43.8 Å². The lowest BCUT2D eigenvalue weighted by molar-refractivity contribution is 0.0343. The molecule has 0 saturated heterocycles. The van der Waals surface area contributed by atoms with E-state index < -0.39 is 0 Å². The number of likely N-dealkylation sites (N-methyl/N-ethyl adjacent to an activating group) is 1. The Balaban J connectivity index is 1.60. The number of hydrogen-bond acceptors (Lipinski definition) is 7. The van der Waals surface area contributed by atoms with Crippen LogP contribution < -0.4 is 19.1 Å². The number of anilines is 1. The van der Waals surface area contributed by atoms with Crippen LogP contribution in [0.25, 0.3) is 0 Å². The fraction of sp³-hybridized carbons (Fsp3) is 0.500. The molecule has 2 aliphatic rings. The lowest BCUT2D eigenvalue weighted by Crippen LogP contribution is -2.49. The predicted molar refractivity (Wildman–Crippen MR) is 131 cm³/mol. The SMILES string of the molecule is C[C@@H]1CN([C@@H](C)CO)C(=O)c2cccc(N(C)C)c2O[C@@H]1CN(C)Cc1ccc2c(c1)OCO2. The van der Waals surface area contributed by atoms with Crippen LogP contribution in [0.3, 0.4) is 0 Å². The highest BCUT2D eigenvalue weighted by Crippen LogP contribution is 2.36. The number of hydrogen-bond donors (Lipinski definition) is 1. The van der Waals surface area contributed by atoms with E-state index in [1.807, 2.05) is 56.3 Å². The molecule has 0 radical (unpaired) electrons. The molecule has 0 spiro atoms. The van der Waals surface area contributed by atoms with Crippen molar-refractivity contribution in [2.24, 2.45) is 5.92 Å². The quantitative estimate of drug-likeness (QED) is 0.668. The second-order valence-electron chi connectivity index (χ2n) is 9.56. The fourth-order valence-electron chi connectivity index (χ4n) is 4.52. The predicted octanol–water partition coefficient (Wildman–Crippen LogP) is 2.83. The topological polar surface area (TPSA) is 74.7 Å². The van der Waals surface area contributed by atoms with Crippen LogP contribution in [0.5, 0.6) is 17.2 Å². The molecule has 2 heterocycles. The monoisotopic (exact) mass is 469 g/mol. The third-order valence-electron chi connectivity index (χ3n) is 6.53. The van der Waals surface area contributed by atoms with Gasteiger partial charge in [-0.3, -0.25) is 9.69 Å². The van der Waals surface area contributed by atoms with E-state index in [-0.39, 0.29) is 37.4 Å². The van der Waals surface area contributed by atoms with Gasteiger partial charge in [0, 0.05) is 39.6 Å². The molecule has 8 nitrogen and oxygen atoms in total. The summed E-state index contributed by atoms with van der Waals surface area (Å²) >= 11 is 0. The Morgan fingerprint density at radius 2 is 1.91 bits per heavy atom. The van der Waals surface area contributed by atoms with Gasteiger partial charge in [-0.2, -0.15) is 0 Å². The third-order valence-corrected chi connectivity index (χ3v) is 6.53. The first-order valence-corrected chi connectivity index (χ1v) is 11.7. The highest BCUT2D eigenvalue weighted by Gasteiger charge is 2.34. The standard InChI is InChI=1S/C26H35N3O5/c1-17-12-29(18(2)15-30)26(31)20-7-6-8-21(27(3)4)25(20)34-24(17)14-28(5)13-19-9-10-22-23(11-19)33-16-32-22/h6-11,17-18,24,30H,12-16H2,1-5H3/t17-,18+,24-/m1/s1. The normalized spacial score (nSPS) is 20.4. The number of aliphatic hydroxyl groups is 1. The third kappa shape index (κ3) is 4.93. The number of nitrogens with zero attached hydrogens (tertiary/aromatic N) is 3. The fourth-order valence-corrected chi connectivity index (χ4v) is 4.52. The zero-order valence-corrected chi connectivity index (χ0v) is 20.7. The maximum atomic E-state index is 13.5. The summed E-state index contributed by atoms with van der Waals surface area (Å²) in [6.45, 7) is 6.06. The van der Waals surface area contributed by atoms with E-state index in [1.165, 1.54) is 0 Å². The van der Waals surface area contributed by atoms with Gasteiger partial charge in [0.25, 0.3) is 5.91 Å². The molecule has 1 amide bonds. The summed E-state index contributed by atoms with van der Waals surface area (Å²) in [5, 5.41) is 9.83. The van der Waals surface area contributed by atoms with E-state index in [0.717, 1.165) is 29.3 Å². The number of carbonyl (C=O) groups is 1. The first-order chi connectivity index (χ1) is 16.3. The molecule has 0 bridgehead atoms. The van der Waals surface area contributed by atoms with Crippen molar-refractivity contribution in [1.82, 2.24) is 9.80 Å². The van der Waals surface area contributed by atoms with Gasteiger partial charge in [-0.15, -0.1) is 0 Å². The second-order valence-corrected chi connectivity index (χ2v) is 9.56. The summed E-state index contributed by atoms with van der Waals surface area (Å²) in [5.41, 5.74) is 2.52. The molecule has 34 heavy (non-hydrogen) atoms. The van der Waals surface area contributed by atoms with Crippen LogP contribution >= 0.6 is 0 Å². The minimum Gasteiger partial charge on any atom is -0.486 e. The van der Waals surface area contributed by atoms with Gasteiger partial charge < -0.3 is 29.1 Å². The van der Waals surface area contributed by atoms with Crippen molar-refractivity contribution >= 4 is 11.6 Å². The summed E-state index contributed by atoms with van der Waals surface area (Å²) in [6, 6.07) is 11.4. The number of aliphatic hydroxyl groups excluding tert-OH is 1. The summed E-state index contributed by atoms with van der Waals surface area (Å²) < 4.78 is 17.6. The van der Waals surface area contributed by atoms with Crippen molar-refractivity contribution in [2.45, 2.75) is 32.5 Å². The summed E-state index contributed by atoms with van der Waals surface area (Å²) in [6.07, 6.45) is -0.152. The van der Waals surface area contributed by atoms with Crippen LogP contribution in [0.2, 0.25) is 0 Å². The molecule has 0 aliphatic carbocycles. The molecule has 2 aromatic rings. The highest BCUT2D eigenvalue weighted by molar-refractivity contribution is 5.99. The number of ether oxygens (including phenoxy) is 3. The average Bonchev–Trinajstić information content (AvgIpc) is 3.28. The van der Waals surface area contributed by atoms with Crippen molar-refractivity contribution < 1.29 is 24.1 Å². The zero-order chi connectivity index (χ0) is 24.4. The molecule has 0 fully saturated rings. The van der Waals surface area contributed by atoms with E-state index in [2.05, 4.69) is 24.9 Å². The summed E-state index contributed by atoms with van der Waals surface area (Å²) in [5.74, 6) is 2.09. The number of amides is 1. The van der Waals surface area contributed by atoms with Crippen LogP contribution in [-0.2, 0) is 6.54 Å². The van der Waals surface area contributed by atoms with Gasteiger partial charge in [0.1, 0.15) is 6.10 Å². The molecule has 4 rings (SSSR count). The van der Waals surface area contributed by atoms with Crippen molar-refractivity contribution in [3.63, 3.8) is 0 Å². The summed E-state index contributed by atoms with van der Waals surface area (Å²) in [4.78, 5) is 19.4. The Hall–Kier alpha value is -2.97. The molecular formula is C26H35N3O5. The molecule has 3 atom stereocenters. The van der Waals surface area contributed by atoms with Gasteiger partial charge >= 0.3 is 0 Å². The van der Waals surface area contributed by atoms with Gasteiger partial charge in [0.05, 0.1) is 23.9 Å². The Bertz CT molecular complexity index is 1030. The largest absolute Gasteiger partial charge is 0.486 e. The van der Waals surface area contributed by atoms with E-state index in [9.17, 15) is 9.90 Å². The van der Waals surface area contributed by atoms with E-state index in [4.69, 9.17) is 14.2 Å². The maximum absolute atomic E-state index is 13.5. The van der Waals surface area contributed by atoms with E-state index in [0.29, 0.717) is 24.4 Å². The van der Waals surface area contributed by atoms with Gasteiger partial charge in [-0.1, -0.05) is 19.1 Å². The van der Waals surface area contributed by atoms with Crippen LogP contribution in [0.1, 0.15) is 29.8 Å². The maximum Gasteiger partial charge on any atom is 0.258 e. The molecule has 8 heteroatoms. The number of rotatable bonds is 7. The van der Waals surface area contributed by atoms with Crippen molar-refractivity contribution in [2.75, 3.05) is 52.5 Å². The van der Waals surface area contributed by atoms with Crippen molar-refractivity contribution in [3.05, 3.63) is 47.5 Å². The minimum absolute atomic E-state index is 0.0560. The number of benzene rings is 2. The van der Waals surface area contributed by atoms with Crippen molar-refractivity contribution in [3.8, 4) is 17.2 Å². The van der Waals surface area contributed by atoms with Crippen LogP contribution in [0.4, 0.5) is 5.69 Å². The molecule has 0 aromatic heterocycles. The molecule has 1 N–H and O–H groups in total. The second kappa shape index (κ2) is 10.1. The first-order valence-electron chi connectivity index (χ1n) is 11.7. The van der Waals surface area contributed by atoms with Crippen LogP contribution in [0, 0.1) is 5.92 Å². The number of carbonyl (C=O) groups excluding carboxylic acids is 1. The Morgan fingerprint density at radius 1 is 1.15 bits per heavy atom. The van der Waals surface area contributed by atoms with Crippen molar-refractivity contribution in [1.29, 1.82) is 0 Å². The zero-order valence-electron chi connectivity index (χ0n) is 20.7. The Labute approximate surface area is 201 Å². The smallest absolute Gasteiger partial charge is 0.258 e. The van der Waals surface area contributed by atoms with Crippen LogP contribution in [-0.4, -0.2) is 80.6 Å². The Morgan fingerprint density at radius 3 is 2.65 bits per heavy atom. The minimum atomic E-state index is -0.282. The lowest BCUT2D eigenvalue weighted by atomic mass is 9.98. The highest BCUT2D eigenvalue weighted by atomic mass is 16.7. The average molecular weight is 470 g/mol. The molecule has 0 unspecified atom stereocenters.